The Morgan fingerprint density at radius 1 is 1.29 bits per heavy atom. The van der Waals surface area contributed by atoms with Gasteiger partial charge in [0.05, 0.1) is 6.61 Å². The van der Waals surface area contributed by atoms with E-state index in [-0.39, 0.29) is 12.4 Å². The number of hydrogen-bond acceptors (Lipinski definition) is 3. The van der Waals surface area contributed by atoms with Crippen LogP contribution in [-0.2, 0) is 12.7 Å². The first-order valence-corrected chi connectivity index (χ1v) is 7.32. The summed E-state index contributed by atoms with van der Waals surface area (Å²) in [6, 6.07) is 2.27. The first-order chi connectivity index (χ1) is 9.92. The molecule has 0 radical (unpaired) electrons. The van der Waals surface area contributed by atoms with Crippen molar-refractivity contribution in [2.45, 2.75) is 52.3 Å². The summed E-state index contributed by atoms with van der Waals surface area (Å²) in [4.78, 5) is 3.57. The second-order valence-corrected chi connectivity index (χ2v) is 5.09. The van der Waals surface area contributed by atoms with Crippen LogP contribution in [0.15, 0.2) is 12.1 Å². The van der Waals surface area contributed by atoms with E-state index in [9.17, 15) is 13.2 Å². The topological polar surface area (TPSA) is 48.1 Å². The van der Waals surface area contributed by atoms with Gasteiger partial charge in [-0.2, -0.15) is 13.2 Å². The molecule has 1 aromatic heterocycles. The second kappa shape index (κ2) is 8.22. The van der Waals surface area contributed by atoms with E-state index in [4.69, 9.17) is 10.5 Å². The Morgan fingerprint density at radius 2 is 2.00 bits per heavy atom. The minimum Gasteiger partial charge on any atom is -0.477 e. The van der Waals surface area contributed by atoms with Crippen molar-refractivity contribution in [3.05, 3.63) is 23.4 Å². The highest BCUT2D eigenvalue weighted by Crippen LogP contribution is 2.30. The number of nitrogens with zero attached hydrogens (tertiary/aromatic N) is 1. The van der Waals surface area contributed by atoms with E-state index >= 15 is 0 Å². The first-order valence-electron chi connectivity index (χ1n) is 7.32. The van der Waals surface area contributed by atoms with Gasteiger partial charge in [-0.05, 0) is 18.4 Å². The largest absolute Gasteiger partial charge is 0.477 e. The summed E-state index contributed by atoms with van der Waals surface area (Å²) in [5, 5.41) is 0. The van der Waals surface area contributed by atoms with Gasteiger partial charge >= 0.3 is 6.18 Å². The quantitative estimate of drug-likeness (QED) is 0.784. The second-order valence-electron chi connectivity index (χ2n) is 5.09. The number of alkyl halides is 3. The molecule has 0 fully saturated rings. The SMILES string of the molecule is CCCCC(CC)COc1nc(C(F)(F)F)ccc1CN. The summed E-state index contributed by atoms with van der Waals surface area (Å²) in [5.74, 6) is 0.328. The monoisotopic (exact) mass is 304 g/mol. The fourth-order valence-electron chi connectivity index (χ4n) is 2.00. The highest BCUT2D eigenvalue weighted by Gasteiger charge is 2.33. The highest BCUT2D eigenvalue weighted by molar-refractivity contribution is 5.29. The van der Waals surface area contributed by atoms with Crippen LogP contribution in [0.25, 0.3) is 0 Å². The third-order valence-electron chi connectivity index (χ3n) is 3.45. The summed E-state index contributed by atoms with van der Waals surface area (Å²) >= 11 is 0. The third-order valence-corrected chi connectivity index (χ3v) is 3.45. The van der Waals surface area contributed by atoms with Crippen molar-refractivity contribution in [2.24, 2.45) is 11.7 Å². The Kier molecular flexibility index (Phi) is 6.95. The molecule has 3 nitrogen and oxygen atoms in total. The van der Waals surface area contributed by atoms with Crippen LogP contribution >= 0.6 is 0 Å². The van der Waals surface area contributed by atoms with E-state index < -0.39 is 11.9 Å². The van der Waals surface area contributed by atoms with Crippen LogP contribution in [0.4, 0.5) is 13.2 Å². The zero-order chi connectivity index (χ0) is 15.9. The lowest BCUT2D eigenvalue weighted by Gasteiger charge is -2.17. The van der Waals surface area contributed by atoms with Crippen molar-refractivity contribution in [3.8, 4) is 5.88 Å². The molecule has 0 aliphatic heterocycles. The zero-order valence-electron chi connectivity index (χ0n) is 12.5. The Hall–Kier alpha value is -1.30. The van der Waals surface area contributed by atoms with Crippen molar-refractivity contribution < 1.29 is 17.9 Å². The van der Waals surface area contributed by atoms with Crippen LogP contribution in [0.3, 0.4) is 0 Å². The molecule has 1 rings (SSSR count). The van der Waals surface area contributed by atoms with Gasteiger partial charge in [-0.15, -0.1) is 0 Å². The molecule has 1 heterocycles. The van der Waals surface area contributed by atoms with Crippen molar-refractivity contribution in [1.29, 1.82) is 0 Å². The third kappa shape index (κ3) is 5.53. The van der Waals surface area contributed by atoms with Gasteiger partial charge in [0.15, 0.2) is 0 Å². The maximum absolute atomic E-state index is 12.7. The molecule has 6 heteroatoms. The van der Waals surface area contributed by atoms with Crippen LogP contribution in [-0.4, -0.2) is 11.6 Å². The number of nitrogens with two attached hydrogens (primary N) is 1. The van der Waals surface area contributed by atoms with Crippen molar-refractivity contribution in [1.82, 2.24) is 4.98 Å². The number of ether oxygens (including phenoxy) is 1. The van der Waals surface area contributed by atoms with Crippen molar-refractivity contribution >= 4 is 0 Å². The van der Waals surface area contributed by atoms with Crippen LogP contribution in [0.1, 0.15) is 50.8 Å². The Labute approximate surface area is 123 Å². The lowest BCUT2D eigenvalue weighted by atomic mass is 10.0. The number of unbranched alkanes of at least 4 members (excludes halogenated alkanes) is 1. The molecule has 0 aliphatic carbocycles. The van der Waals surface area contributed by atoms with E-state index in [0.717, 1.165) is 31.7 Å². The lowest BCUT2D eigenvalue weighted by molar-refractivity contribution is -0.141. The van der Waals surface area contributed by atoms with Gasteiger partial charge in [0.25, 0.3) is 0 Å². The summed E-state index contributed by atoms with van der Waals surface area (Å²) < 4.78 is 43.6. The molecule has 0 bridgehead atoms. The normalized spacial score (nSPS) is 13.2. The Balaban J connectivity index is 2.80. The lowest BCUT2D eigenvalue weighted by Crippen LogP contribution is -2.16. The molecule has 1 unspecified atom stereocenters. The molecular weight excluding hydrogens is 281 g/mol. The fraction of sp³-hybridized carbons (Fsp3) is 0.667. The van der Waals surface area contributed by atoms with Gasteiger partial charge in [-0.3, -0.25) is 0 Å². The number of pyridine rings is 1. The summed E-state index contributed by atoms with van der Waals surface area (Å²) in [6.45, 7) is 4.63. The molecule has 1 aromatic rings. The van der Waals surface area contributed by atoms with Gasteiger partial charge in [0.2, 0.25) is 5.88 Å². The van der Waals surface area contributed by atoms with Crippen molar-refractivity contribution in [2.75, 3.05) is 6.61 Å². The smallest absolute Gasteiger partial charge is 0.433 e. The molecule has 0 aromatic carbocycles. The maximum Gasteiger partial charge on any atom is 0.433 e. The minimum atomic E-state index is -4.47. The van der Waals surface area contributed by atoms with Crippen molar-refractivity contribution in [3.63, 3.8) is 0 Å². The van der Waals surface area contributed by atoms with Crippen LogP contribution in [0.2, 0.25) is 0 Å². The Bertz CT molecular complexity index is 435. The molecule has 0 amide bonds. The predicted octanol–water partition coefficient (Wildman–Crippen LogP) is 4.15. The molecular formula is C15H23F3N2O. The number of halogens is 3. The van der Waals surface area contributed by atoms with E-state index in [2.05, 4.69) is 11.9 Å². The van der Waals surface area contributed by atoms with Gasteiger partial charge in [-0.1, -0.05) is 39.2 Å². The molecule has 0 saturated heterocycles. The van der Waals surface area contributed by atoms with Gasteiger partial charge in [-0.25, -0.2) is 4.98 Å². The predicted molar refractivity (Wildman–Crippen MR) is 75.9 cm³/mol. The molecule has 0 spiro atoms. The molecule has 120 valence electrons. The van der Waals surface area contributed by atoms with Crippen LogP contribution in [0, 0.1) is 5.92 Å². The average molecular weight is 304 g/mol. The van der Waals surface area contributed by atoms with E-state index in [0.29, 0.717) is 18.1 Å². The standard InChI is InChI=1S/C15H23F3N2O/c1-3-5-6-11(4-2)10-21-14-12(9-19)7-8-13(20-14)15(16,17)18/h7-8,11H,3-6,9-10,19H2,1-2H3. The molecule has 1 atom stereocenters. The Morgan fingerprint density at radius 3 is 2.52 bits per heavy atom. The molecule has 0 aliphatic rings. The zero-order valence-corrected chi connectivity index (χ0v) is 12.5. The van der Waals surface area contributed by atoms with E-state index in [1.54, 1.807) is 0 Å². The minimum absolute atomic E-state index is 0.00211. The number of rotatable bonds is 8. The van der Waals surface area contributed by atoms with E-state index in [1.807, 2.05) is 6.92 Å². The molecule has 21 heavy (non-hydrogen) atoms. The van der Waals surface area contributed by atoms with Crippen LogP contribution < -0.4 is 10.5 Å². The molecule has 2 N–H and O–H groups in total. The summed E-state index contributed by atoms with van der Waals surface area (Å²) in [7, 11) is 0. The van der Waals surface area contributed by atoms with Gasteiger partial charge in [0.1, 0.15) is 5.69 Å². The number of aromatic nitrogens is 1. The summed E-state index contributed by atoms with van der Waals surface area (Å²) in [6.07, 6.45) is -0.369. The van der Waals surface area contributed by atoms with Gasteiger partial charge in [0, 0.05) is 12.1 Å². The highest BCUT2D eigenvalue weighted by atomic mass is 19.4. The average Bonchev–Trinajstić information content (AvgIpc) is 2.46. The summed E-state index contributed by atoms with van der Waals surface area (Å²) in [5.41, 5.74) is 5.07. The maximum atomic E-state index is 12.7. The number of hydrogen-bond donors (Lipinski definition) is 1. The van der Waals surface area contributed by atoms with Gasteiger partial charge < -0.3 is 10.5 Å². The molecule has 0 saturated carbocycles. The van der Waals surface area contributed by atoms with Crippen LogP contribution in [0.5, 0.6) is 5.88 Å². The first kappa shape index (κ1) is 17.8. The van der Waals surface area contributed by atoms with E-state index in [1.165, 1.54) is 6.07 Å². The fourth-order valence-corrected chi connectivity index (χ4v) is 2.00.